The maximum absolute atomic E-state index is 13.4. The number of aliphatic imine (C=N–C) groups is 1. The molecule has 5 rings (SSSR count). The third-order valence-corrected chi connectivity index (χ3v) is 8.56. The molecule has 3 aliphatic rings. The number of nitrogens with zero attached hydrogens (tertiary/aromatic N) is 3. The molecule has 0 spiro atoms. The number of likely N-dealkylation sites (tertiary alicyclic amines) is 1. The number of hydrogen-bond donors (Lipinski definition) is 2. The first-order valence-electron chi connectivity index (χ1n) is 14.6. The van der Waals surface area contributed by atoms with Crippen molar-refractivity contribution in [2.75, 3.05) is 18.0 Å². The van der Waals surface area contributed by atoms with Crippen LogP contribution in [0.15, 0.2) is 47.5 Å². The lowest BCUT2D eigenvalue weighted by Crippen LogP contribution is -2.44. The summed E-state index contributed by atoms with van der Waals surface area (Å²) in [6.07, 6.45) is 5.35. The molecule has 2 aromatic rings. The van der Waals surface area contributed by atoms with Gasteiger partial charge in [0.2, 0.25) is 5.91 Å². The van der Waals surface area contributed by atoms with Crippen molar-refractivity contribution in [2.45, 2.75) is 89.9 Å². The van der Waals surface area contributed by atoms with Crippen molar-refractivity contribution in [1.29, 1.82) is 0 Å². The molecule has 2 N–H and O–H groups in total. The Hall–Kier alpha value is -3.10. The van der Waals surface area contributed by atoms with Crippen molar-refractivity contribution in [1.82, 2.24) is 10.2 Å². The first kappa shape index (κ1) is 28.4. The van der Waals surface area contributed by atoms with E-state index in [9.17, 15) is 19.1 Å². The molecule has 1 aliphatic carbocycles. The van der Waals surface area contributed by atoms with Crippen LogP contribution in [-0.4, -0.2) is 58.4 Å². The number of nitrogens with one attached hydrogen (secondary N) is 1. The van der Waals surface area contributed by atoms with E-state index in [1.165, 1.54) is 29.8 Å². The molecule has 214 valence electrons. The first-order valence-corrected chi connectivity index (χ1v) is 14.6. The summed E-state index contributed by atoms with van der Waals surface area (Å²) in [7, 11) is 0. The second kappa shape index (κ2) is 11.8. The summed E-state index contributed by atoms with van der Waals surface area (Å²) in [6.45, 7) is 8.39. The third-order valence-electron chi connectivity index (χ3n) is 8.56. The molecule has 2 amide bonds. The molecular formula is C32H41FN4O3. The van der Waals surface area contributed by atoms with Gasteiger partial charge in [0.25, 0.3) is 5.91 Å². The number of hydrogen-bond acceptors (Lipinski definition) is 4. The van der Waals surface area contributed by atoms with Crippen LogP contribution >= 0.6 is 0 Å². The summed E-state index contributed by atoms with van der Waals surface area (Å²) in [5.41, 5.74) is 3.19. The summed E-state index contributed by atoms with van der Waals surface area (Å²) < 4.78 is 13.4. The fraction of sp³-hybridized carbons (Fsp3) is 0.531. The average Bonchev–Trinajstić information content (AvgIpc) is 3.27. The lowest BCUT2D eigenvalue weighted by molar-refractivity contribution is -0.126. The van der Waals surface area contributed by atoms with E-state index in [0.717, 1.165) is 69.4 Å². The van der Waals surface area contributed by atoms with Crippen LogP contribution in [0.1, 0.15) is 80.8 Å². The van der Waals surface area contributed by atoms with Crippen molar-refractivity contribution < 1.29 is 19.1 Å². The lowest BCUT2D eigenvalue weighted by Gasteiger charge is -2.37. The largest absolute Gasteiger partial charge is 0.390 e. The predicted octanol–water partition coefficient (Wildman–Crippen LogP) is 4.86. The van der Waals surface area contributed by atoms with Gasteiger partial charge in [0.15, 0.2) is 0 Å². The number of carbonyl (C=O) groups is 2. The highest BCUT2D eigenvalue weighted by Crippen LogP contribution is 2.38. The van der Waals surface area contributed by atoms with Gasteiger partial charge in [0, 0.05) is 55.3 Å². The monoisotopic (exact) mass is 548 g/mol. The van der Waals surface area contributed by atoms with Crippen molar-refractivity contribution in [3.63, 3.8) is 0 Å². The second-order valence-electron chi connectivity index (χ2n) is 12.3. The molecular weight excluding hydrogens is 507 g/mol. The second-order valence-corrected chi connectivity index (χ2v) is 12.3. The van der Waals surface area contributed by atoms with Crippen LogP contribution in [0, 0.1) is 11.7 Å². The summed E-state index contributed by atoms with van der Waals surface area (Å²) in [5.74, 6) is 0.0780. The molecule has 7 nitrogen and oxygen atoms in total. The van der Waals surface area contributed by atoms with Gasteiger partial charge in [-0.05, 0) is 101 Å². The Morgan fingerprint density at radius 3 is 2.40 bits per heavy atom. The van der Waals surface area contributed by atoms with E-state index in [4.69, 9.17) is 0 Å². The molecule has 2 fully saturated rings. The number of piperidine rings is 1. The number of halogens is 1. The highest BCUT2D eigenvalue weighted by molar-refractivity contribution is 6.12. The van der Waals surface area contributed by atoms with Crippen LogP contribution in [-0.2, 0) is 17.8 Å². The molecule has 2 heterocycles. The Balaban J connectivity index is 1.38. The highest BCUT2D eigenvalue weighted by atomic mass is 19.1. The fourth-order valence-electron chi connectivity index (χ4n) is 6.20. The molecule has 2 aromatic carbocycles. The number of carbonyl (C=O) groups excluding carboxylic acids is 2. The van der Waals surface area contributed by atoms with Crippen LogP contribution in [0.5, 0.6) is 0 Å². The van der Waals surface area contributed by atoms with E-state index < -0.39 is 5.60 Å². The Bertz CT molecular complexity index is 1260. The molecule has 8 heteroatoms. The number of aliphatic hydroxyl groups is 1. The topological polar surface area (TPSA) is 85.2 Å². The van der Waals surface area contributed by atoms with Gasteiger partial charge in [-0.3, -0.25) is 14.5 Å². The lowest BCUT2D eigenvalue weighted by atomic mass is 9.84. The van der Waals surface area contributed by atoms with Gasteiger partial charge in [-0.15, -0.1) is 0 Å². The summed E-state index contributed by atoms with van der Waals surface area (Å²) >= 11 is 0. The highest BCUT2D eigenvalue weighted by Gasteiger charge is 2.36. The summed E-state index contributed by atoms with van der Waals surface area (Å²) in [5, 5.41) is 13.4. The SMILES string of the molecule is CC(C)NC(=O)C1CCC(N2C(=NC(=O)c3ccc(F)cc3)Cc3ccc(CN4CCC(C)(O)CC4)cc32)CC1. The molecule has 0 bridgehead atoms. The Morgan fingerprint density at radius 2 is 1.75 bits per heavy atom. The van der Waals surface area contributed by atoms with E-state index in [1.54, 1.807) is 0 Å². The average molecular weight is 549 g/mol. The zero-order valence-corrected chi connectivity index (χ0v) is 23.8. The molecule has 2 aliphatic heterocycles. The van der Waals surface area contributed by atoms with Crippen molar-refractivity contribution in [2.24, 2.45) is 10.9 Å². The third kappa shape index (κ3) is 6.61. The van der Waals surface area contributed by atoms with Crippen LogP contribution in [0.4, 0.5) is 10.1 Å². The Morgan fingerprint density at radius 1 is 1.07 bits per heavy atom. The zero-order chi connectivity index (χ0) is 28.4. The smallest absolute Gasteiger partial charge is 0.278 e. The van der Waals surface area contributed by atoms with E-state index in [2.05, 4.69) is 38.3 Å². The fourth-order valence-corrected chi connectivity index (χ4v) is 6.20. The number of rotatable bonds is 6. The molecule has 0 unspecified atom stereocenters. The minimum absolute atomic E-state index is 0.00426. The number of amides is 2. The molecule has 0 aromatic heterocycles. The minimum atomic E-state index is -0.585. The molecule has 1 saturated carbocycles. The van der Waals surface area contributed by atoms with Crippen molar-refractivity contribution in [3.8, 4) is 0 Å². The first-order chi connectivity index (χ1) is 19.1. The number of fused-ring (bicyclic) bond motifs is 1. The van der Waals surface area contributed by atoms with Crippen LogP contribution in [0.2, 0.25) is 0 Å². The normalized spacial score (nSPS) is 23.9. The van der Waals surface area contributed by atoms with E-state index >= 15 is 0 Å². The summed E-state index contributed by atoms with van der Waals surface area (Å²) in [4.78, 5) is 34.9. The van der Waals surface area contributed by atoms with Crippen LogP contribution < -0.4 is 10.2 Å². The quantitative estimate of drug-likeness (QED) is 0.539. The molecule has 1 saturated heterocycles. The van der Waals surface area contributed by atoms with Gasteiger partial charge in [-0.2, -0.15) is 4.99 Å². The van der Waals surface area contributed by atoms with E-state index in [1.807, 2.05) is 20.8 Å². The summed E-state index contributed by atoms with van der Waals surface area (Å²) in [6, 6.07) is 12.3. The van der Waals surface area contributed by atoms with Crippen molar-refractivity contribution in [3.05, 3.63) is 65.0 Å². The van der Waals surface area contributed by atoms with Gasteiger partial charge in [-0.25, -0.2) is 4.39 Å². The maximum Gasteiger partial charge on any atom is 0.278 e. The zero-order valence-electron chi connectivity index (χ0n) is 23.8. The van der Waals surface area contributed by atoms with Crippen LogP contribution in [0.25, 0.3) is 0 Å². The van der Waals surface area contributed by atoms with E-state index in [0.29, 0.717) is 17.8 Å². The van der Waals surface area contributed by atoms with E-state index in [-0.39, 0.29) is 35.6 Å². The minimum Gasteiger partial charge on any atom is -0.390 e. The maximum atomic E-state index is 13.4. The predicted molar refractivity (Wildman–Crippen MR) is 155 cm³/mol. The van der Waals surface area contributed by atoms with Gasteiger partial charge in [-0.1, -0.05) is 12.1 Å². The standard InChI is InChI=1S/C32H41FN4O3/c1-21(2)34-30(38)24-8-12-27(13-9-24)37-28-18-22(20-36-16-14-32(3,40)15-17-36)4-5-25(28)19-29(37)35-31(39)23-6-10-26(33)11-7-23/h4-7,10-11,18,21,24,27,40H,8-9,12-17,19-20H2,1-3H3,(H,34,38). The van der Waals surface area contributed by atoms with Gasteiger partial charge >= 0.3 is 0 Å². The number of benzene rings is 2. The van der Waals surface area contributed by atoms with Crippen molar-refractivity contribution >= 4 is 23.3 Å². The number of amidine groups is 1. The van der Waals surface area contributed by atoms with Gasteiger partial charge < -0.3 is 15.3 Å². The van der Waals surface area contributed by atoms with Crippen LogP contribution in [0.3, 0.4) is 0 Å². The number of anilines is 1. The molecule has 0 atom stereocenters. The Kier molecular flexibility index (Phi) is 8.38. The molecule has 40 heavy (non-hydrogen) atoms. The Labute approximate surface area is 236 Å². The molecule has 0 radical (unpaired) electrons. The van der Waals surface area contributed by atoms with Gasteiger partial charge in [0.05, 0.1) is 5.60 Å². The van der Waals surface area contributed by atoms with Gasteiger partial charge in [0.1, 0.15) is 11.7 Å².